The second kappa shape index (κ2) is 13.7. The topological polar surface area (TPSA) is 67.8 Å². The minimum atomic E-state index is -0.429. The van der Waals surface area contributed by atoms with E-state index in [1.807, 2.05) is 6.07 Å². The summed E-state index contributed by atoms with van der Waals surface area (Å²) in [6, 6.07) is 14.0. The highest BCUT2D eigenvalue weighted by atomic mass is 79.9. The molecule has 0 radical (unpaired) electrons. The lowest BCUT2D eigenvalue weighted by Gasteiger charge is -2.06. The molecule has 0 heterocycles. The van der Waals surface area contributed by atoms with Crippen LogP contribution >= 0.6 is 15.9 Å². The summed E-state index contributed by atoms with van der Waals surface area (Å²) >= 11 is 3.34. The maximum atomic E-state index is 12.2. The van der Waals surface area contributed by atoms with Gasteiger partial charge in [-0.3, -0.25) is 4.79 Å². The quantitative estimate of drug-likeness (QED) is 0.130. The molecule has 2 aromatic rings. The van der Waals surface area contributed by atoms with Gasteiger partial charge in [0, 0.05) is 10.9 Å². The van der Waals surface area contributed by atoms with E-state index in [2.05, 4.69) is 33.4 Å². The van der Waals surface area contributed by atoms with E-state index >= 15 is 0 Å². The van der Waals surface area contributed by atoms with Crippen molar-refractivity contribution in [1.29, 1.82) is 0 Å². The molecule has 0 saturated heterocycles. The van der Waals surface area contributed by atoms with Crippen LogP contribution in [0.3, 0.4) is 0 Å². The second-order valence-electron chi connectivity index (χ2n) is 7.10. The van der Waals surface area contributed by atoms with Crippen LogP contribution in [0.15, 0.2) is 58.1 Å². The van der Waals surface area contributed by atoms with Gasteiger partial charge in [-0.1, -0.05) is 57.6 Å². The first-order valence-corrected chi connectivity index (χ1v) is 11.3. The first-order valence-electron chi connectivity index (χ1n) is 10.5. The minimum Gasteiger partial charge on any atom is -0.423 e. The minimum absolute atomic E-state index is 0.0706. The number of esters is 1. The monoisotopic (exact) mass is 472 g/mol. The number of unbranched alkanes of at least 4 members (excludes halogenated alkanes) is 6. The maximum absolute atomic E-state index is 12.2. The van der Waals surface area contributed by atoms with E-state index < -0.39 is 5.97 Å². The van der Waals surface area contributed by atoms with E-state index in [1.165, 1.54) is 32.1 Å². The molecule has 0 aliphatic heterocycles. The molecule has 2 aromatic carbocycles. The zero-order chi connectivity index (χ0) is 21.6. The van der Waals surface area contributed by atoms with Crippen molar-refractivity contribution in [3.05, 3.63) is 64.1 Å². The smallest absolute Gasteiger partial charge is 0.344 e. The summed E-state index contributed by atoms with van der Waals surface area (Å²) < 4.78 is 6.07. The summed E-state index contributed by atoms with van der Waals surface area (Å²) in [5.41, 5.74) is 3.82. The SMILES string of the molecule is CCCCCCCCCC(=O)N/N=C\c1ccc(OC(=O)c2ccccc2Br)cc1. The lowest BCUT2D eigenvalue weighted by molar-refractivity contribution is -0.121. The molecule has 0 atom stereocenters. The molecule has 0 aromatic heterocycles. The molecule has 0 bridgehead atoms. The predicted octanol–water partition coefficient (Wildman–Crippen LogP) is 6.26. The highest BCUT2D eigenvalue weighted by molar-refractivity contribution is 9.10. The van der Waals surface area contributed by atoms with Crippen LogP contribution in [0.1, 0.15) is 74.2 Å². The van der Waals surface area contributed by atoms with Crippen LogP contribution in [0.2, 0.25) is 0 Å². The molecule has 6 heteroatoms. The van der Waals surface area contributed by atoms with Gasteiger partial charge in [0.2, 0.25) is 5.91 Å². The number of nitrogens with one attached hydrogen (secondary N) is 1. The number of benzene rings is 2. The molecule has 0 aliphatic rings. The summed E-state index contributed by atoms with van der Waals surface area (Å²) in [5, 5.41) is 3.99. The van der Waals surface area contributed by atoms with Gasteiger partial charge in [-0.2, -0.15) is 5.10 Å². The Morgan fingerprint density at radius 3 is 2.33 bits per heavy atom. The van der Waals surface area contributed by atoms with E-state index in [9.17, 15) is 9.59 Å². The zero-order valence-corrected chi connectivity index (χ0v) is 19.0. The molecule has 0 unspecified atom stereocenters. The molecular formula is C24H29BrN2O3. The molecule has 1 N–H and O–H groups in total. The molecule has 1 amide bonds. The molecule has 160 valence electrons. The fourth-order valence-corrected chi connectivity index (χ4v) is 3.33. The van der Waals surface area contributed by atoms with Gasteiger partial charge < -0.3 is 4.74 Å². The maximum Gasteiger partial charge on any atom is 0.344 e. The van der Waals surface area contributed by atoms with Crippen LogP contribution in [0.5, 0.6) is 5.75 Å². The van der Waals surface area contributed by atoms with E-state index in [1.54, 1.807) is 48.7 Å². The Balaban J connectivity index is 1.70. The van der Waals surface area contributed by atoms with Crippen molar-refractivity contribution < 1.29 is 14.3 Å². The van der Waals surface area contributed by atoms with Crippen molar-refractivity contribution in [3.63, 3.8) is 0 Å². The Labute approximate surface area is 187 Å². The predicted molar refractivity (Wildman–Crippen MR) is 124 cm³/mol. The van der Waals surface area contributed by atoms with Crippen LogP contribution < -0.4 is 10.2 Å². The van der Waals surface area contributed by atoms with Crippen LogP contribution in [0.4, 0.5) is 0 Å². The lowest BCUT2D eigenvalue weighted by Crippen LogP contribution is -2.16. The van der Waals surface area contributed by atoms with Crippen LogP contribution in [0.25, 0.3) is 0 Å². The van der Waals surface area contributed by atoms with Gasteiger partial charge in [0.25, 0.3) is 0 Å². The summed E-state index contributed by atoms with van der Waals surface area (Å²) in [5.74, 6) is -0.0591. The van der Waals surface area contributed by atoms with Gasteiger partial charge in [0.1, 0.15) is 5.75 Å². The van der Waals surface area contributed by atoms with Crippen molar-refractivity contribution in [2.75, 3.05) is 0 Å². The number of rotatable bonds is 12. The summed E-state index contributed by atoms with van der Waals surface area (Å²) in [6.45, 7) is 2.21. The first kappa shape index (κ1) is 23.8. The van der Waals surface area contributed by atoms with Crippen LogP contribution in [-0.2, 0) is 4.79 Å². The number of carbonyl (C=O) groups excluding carboxylic acids is 2. The average Bonchev–Trinajstić information content (AvgIpc) is 2.74. The number of ether oxygens (including phenoxy) is 1. The van der Waals surface area contributed by atoms with Gasteiger partial charge in [0.05, 0.1) is 11.8 Å². The van der Waals surface area contributed by atoms with Crippen LogP contribution in [-0.4, -0.2) is 18.1 Å². The molecule has 0 spiro atoms. The van der Waals surface area contributed by atoms with Crippen molar-refractivity contribution in [2.45, 2.75) is 58.3 Å². The Morgan fingerprint density at radius 2 is 1.63 bits per heavy atom. The number of carbonyl (C=O) groups is 2. The average molecular weight is 473 g/mol. The van der Waals surface area contributed by atoms with Crippen molar-refractivity contribution >= 4 is 34.0 Å². The molecule has 30 heavy (non-hydrogen) atoms. The number of hydrogen-bond donors (Lipinski definition) is 1. The molecule has 0 aliphatic carbocycles. The van der Waals surface area contributed by atoms with Gasteiger partial charge in [-0.05, 0) is 64.3 Å². The number of hydrazone groups is 1. The molecule has 2 rings (SSSR count). The summed E-state index contributed by atoms with van der Waals surface area (Å²) in [7, 11) is 0. The number of halogens is 1. The van der Waals surface area contributed by atoms with E-state index in [0.717, 1.165) is 18.4 Å². The largest absolute Gasteiger partial charge is 0.423 e. The first-order chi connectivity index (χ1) is 14.6. The molecule has 5 nitrogen and oxygen atoms in total. The number of amides is 1. The Hall–Kier alpha value is -2.47. The summed E-state index contributed by atoms with van der Waals surface area (Å²) in [6.07, 6.45) is 10.3. The van der Waals surface area contributed by atoms with E-state index in [0.29, 0.717) is 22.2 Å². The fourth-order valence-electron chi connectivity index (χ4n) is 2.89. The van der Waals surface area contributed by atoms with Crippen molar-refractivity contribution in [1.82, 2.24) is 5.43 Å². The van der Waals surface area contributed by atoms with Gasteiger partial charge in [0.15, 0.2) is 0 Å². The van der Waals surface area contributed by atoms with Gasteiger partial charge in [-0.15, -0.1) is 0 Å². The van der Waals surface area contributed by atoms with Crippen LogP contribution in [0, 0.1) is 0 Å². The highest BCUT2D eigenvalue weighted by Crippen LogP contribution is 2.19. The molecule has 0 saturated carbocycles. The Bertz CT molecular complexity index is 835. The zero-order valence-electron chi connectivity index (χ0n) is 17.4. The van der Waals surface area contributed by atoms with Crippen molar-refractivity contribution in [2.24, 2.45) is 5.10 Å². The third-order valence-electron chi connectivity index (χ3n) is 4.59. The Kier molecular flexibility index (Phi) is 10.9. The molecular weight excluding hydrogens is 444 g/mol. The van der Waals surface area contributed by atoms with Crippen molar-refractivity contribution in [3.8, 4) is 5.75 Å². The number of nitrogens with zero attached hydrogens (tertiary/aromatic N) is 1. The third-order valence-corrected chi connectivity index (χ3v) is 5.29. The standard InChI is InChI=1S/C24H29BrN2O3/c1-2-3-4-5-6-7-8-13-23(28)27-26-18-19-14-16-20(17-15-19)30-24(29)21-11-9-10-12-22(21)25/h9-12,14-18H,2-8,13H2,1H3,(H,27,28)/b26-18-. The Morgan fingerprint density at radius 1 is 0.967 bits per heavy atom. The number of hydrogen-bond acceptors (Lipinski definition) is 4. The van der Waals surface area contributed by atoms with Gasteiger partial charge in [-0.25, -0.2) is 10.2 Å². The summed E-state index contributed by atoms with van der Waals surface area (Å²) in [4.78, 5) is 24.0. The van der Waals surface area contributed by atoms with E-state index in [4.69, 9.17) is 4.74 Å². The normalized spacial score (nSPS) is 10.9. The fraction of sp³-hybridized carbons (Fsp3) is 0.375. The van der Waals surface area contributed by atoms with E-state index in [-0.39, 0.29) is 5.91 Å². The second-order valence-corrected chi connectivity index (χ2v) is 7.96. The lowest BCUT2D eigenvalue weighted by atomic mass is 10.1. The van der Waals surface area contributed by atoms with Gasteiger partial charge >= 0.3 is 5.97 Å². The third kappa shape index (κ3) is 8.91. The highest BCUT2D eigenvalue weighted by Gasteiger charge is 2.11. The molecule has 0 fully saturated rings.